The van der Waals surface area contributed by atoms with Crippen LogP contribution in [-0.4, -0.2) is 15.5 Å². The molecule has 0 unspecified atom stereocenters. The molecule has 0 bridgehead atoms. The van der Waals surface area contributed by atoms with E-state index in [0.29, 0.717) is 16.3 Å². The second-order valence-corrected chi connectivity index (χ2v) is 7.48. The topological polar surface area (TPSA) is 55.4 Å². The maximum Gasteiger partial charge on any atom is 0.261 e. The molecule has 0 fully saturated rings. The Balaban J connectivity index is 2.00. The Bertz CT molecular complexity index is 1020. The summed E-state index contributed by atoms with van der Waals surface area (Å²) in [5.74, 6) is 0.728. The summed E-state index contributed by atoms with van der Waals surface area (Å²) >= 11 is 6.05. The number of hydrogen-bond acceptors (Lipinski definition) is 3. The molecule has 3 aromatic carbocycles. The summed E-state index contributed by atoms with van der Waals surface area (Å²) in [7, 11) is -2.11. The number of sulfonamides is 1. The van der Waals surface area contributed by atoms with Crippen LogP contribution < -0.4 is 9.46 Å². The van der Waals surface area contributed by atoms with Crippen molar-refractivity contribution in [1.82, 2.24) is 0 Å². The monoisotopic (exact) mass is 361 g/mol. The molecule has 0 amide bonds. The van der Waals surface area contributed by atoms with Crippen LogP contribution in [0.3, 0.4) is 0 Å². The van der Waals surface area contributed by atoms with Gasteiger partial charge in [0.05, 0.1) is 17.7 Å². The van der Waals surface area contributed by atoms with Gasteiger partial charge in [-0.15, -0.1) is 0 Å². The summed E-state index contributed by atoms with van der Waals surface area (Å²) in [6.07, 6.45) is 0. The number of methoxy groups -OCH3 is 1. The minimum Gasteiger partial charge on any atom is -0.497 e. The van der Waals surface area contributed by atoms with Crippen LogP contribution in [0.25, 0.3) is 10.8 Å². The molecule has 0 radical (unpaired) electrons. The second kappa shape index (κ2) is 6.34. The van der Waals surface area contributed by atoms with Crippen LogP contribution >= 0.6 is 11.6 Å². The number of hydrogen-bond donors (Lipinski definition) is 1. The molecule has 0 atom stereocenters. The minimum atomic E-state index is -3.70. The van der Waals surface area contributed by atoms with Crippen molar-refractivity contribution >= 4 is 38.1 Å². The molecule has 0 aliphatic heterocycles. The van der Waals surface area contributed by atoms with E-state index < -0.39 is 10.0 Å². The Labute approximate surface area is 146 Å². The second-order valence-electron chi connectivity index (χ2n) is 5.39. The Morgan fingerprint density at radius 3 is 2.46 bits per heavy atom. The first kappa shape index (κ1) is 16.6. The van der Waals surface area contributed by atoms with E-state index in [2.05, 4.69) is 4.72 Å². The fourth-order valence-electron chi connectivity index (χ4n) is 2.42. The lowest BCUT2D eigenvalue weighted by Gasteiger charge is -2.12. The first-order chi connectivity index (χ1) is 11.4. The highest BCUT2D eigenvalue weighted by molar-refractivity contribution is 7.92. The van der Waals surface area contributed by atoms with Crippen LogP contribution in [0.15, 0.2) is 59.5 Å². The van der Waals surface area contributed by atoms with E-state index >= 15 is 0 Å². The summed E-state index contributed by atoms with van der Waals surface area (Å²) in [5.41, 5.74) is 1.16. The molecule has 1 N–H and O–H groups in total. The van der Waals surface area contributed by atoms with Gasteiger partial charge in [-0.3, -0.25) is 4.72 Å². The standard InChI is InChI=1S/C18H16ClNO3S/c1-12-17(19)4-3-5-18(12)20-24(21,22)16-9-7-13-10-15(23-2)8-6-14(13)11-16/h3-11,20H,1-2H3. The molecule has 3 aromatic rings. The van der Waals surface area contributed by atoms with Gasteiger partial charge in [-0.2, -0.15) is 0 Å². The average molecular weight is 362 g/mol. The van der Waals surface area contributed by atoms with Gasteiger partial charge in [-0.05, 0) is 59.7 Å². The van der Waals surface area contributed by atoms with Gasteiger partial charge in [0.1, 0.15) is 5.75 Å². The third-order valence-corrected chi connectivity index (χ3v) is 5.61. The van der Waals surface area contributed by atoms with E-state index in [1.165, 1.54) is 0 Å². The summed E-state index contributed by atoms with van der Waals surface area (Å²) in [6.45, 7) is 1.77. The predicted molar refractivity (Wildman–Crippen MR) is 97.5 cm³/mol. The minimum absolute atomic E-state index is 0.194. The Hall–Kier alpha value is -2.24. The molecule has 4 nitrogen and oxygen atoms in total. The summed E-state index contributed by atoms with van der Waals surface area (Å²) in [6, 6.07) is 15.6. The van der Waals surface area contributed by atoms with Gasteiger partial charge in [0.25, 0.3) is 10.0 Å². The smallest absolute Gasteiger partial charge is 0.261 e. The third-order valence-electron chi connectivity index (χ3n) is 3.84. The largest absolute Gasteiger partial charge is 0.497 e. The molecule has 0 heterocycles. The summed E-state index contributed by atoms with van der Waals surface area (Å²) in [5, 5.41) is 2.24. The highest BCUT2D eigenvalue weighted by Gasteiger charge is 2.16. The van der Waals surface area contributed by atoms with E-state index in [9.17, 15) is 8.42 Å². The zero-order chi connectivity index (χ0) is 17.3. The van der Waals surface area contributed by atoms with Gasteiger partial charge >= 0.3 is 0 Å². The number of anilines is 1. The Kier molecular flexibility index (Phi) is 4.39. The molecule has 24 heavy (non-hydrogen) atoms. The lowest BCUT2D eigenvalue weighted by atomic mass is 10.1. The van der Waals surface area contributed by atoms with E-state index in [0.717, 1.165) is 16.5 Å². The number of benzene rings is 3. The molecular formula is C18H16ClNO3S. The lowest BCUT2D eigenvalue weighted by Crippen LogP contribution is -2.13. The van der Waals surface area contributed by atoms with Gasteiger partial charge < -0.3 is 4.74 Å². The van der Waals surface area contributed by atoms with Crippen molar-refractivity contribution in [1.29, 1.82) is 0 Å². The van der Waals surface area contributed by atoms with Gasteiger partial charge in [0.2, 0.25) is 0 Å². The van der Waals surface area contributed by atoms with Crippen molar-refractivity contribution in [2.24, 2.45) is 0 Å². The first-order valence-electron chi connectivity index (χ1n) is 7.26. The van der Waals surface area contributed by atoms with Crippen LogP contribution in [0, 0.1) is 6.92 Å². The fraction of sp³-hybridized carbons (Fsp3) is 0.111. The zero-order valence-corrected chi connectivity index (χ0v) is 14.8. The highest BCUT2D eigenvalue weighted by Crippen LogP contribution is 2.27. The predicted octanol–water partition coefficient (Wildman–Crippen LogP) is 4.61. The molecule has 0 aliphatic carbocycles. The lowest BCUT2D eigenvalue weighted by molar-refractivity contribution is 0.415. The number of halogens is 1. The van der Waals surface area contributed by atoms with E-state index in [1.807, 2.05) is 12.1 Å². The number of fused-ring (bicyclic) bond motifs is 1. The maximum atomic E-state index is 12.7. The molecule has 0 aliphatic rings. The van der Waals surface area contributed by atoms with Crippen molar-refractivity contribution in [3.8, 4) is 5.75 Å². The molecular weight excluding hydrogens is 346 g/mol. The molecule has 0 saturated heterocycles. The van der Waals surface area contributed by atoms with Crippen LogP contribution in [0.2, 0.25) is 5.02 Å². The van der Waals surface area contributed by atoms with Crippen LogP contribution in [-0.2, 0) is 10.0 Å². The van der Waals surface area contributed by atoms with Gasteiger partial charge in [-0.1, -0.05) is 29.8 Å². The number of nitrogens with one attached hydrogen (secondary N) is 1. The van der Waals surface area contributed by atoms with Gasteiger partial charge in [0, 0.05) is 5.02 Å². The molecule has 124 valence electrons. The SMILES string of the molecule is COc1ccc2cc(S(=O)(=O)Nc3cccc(Cl)c3C)ccc2c1. The zero-order valence-electron chi connectivity index (χ0n) is 13.2. The van der Waals surface area contributed by atoms with Crippen LogP contribution in [0.1, 0.15) is 5.56 Å². The quantitative estimate of drug-likeness (QED) is 0.738. The summed E-state index contributed by atoms with van der Waals surface area (Å²) in [4.78, 5) is 0.194. The molecule has 6 heteroatoms. The first-order valence-corrected chi connectivity index (χ1v) is 9.12. The van der Waals surface area contributed by atoms with Crippen LogP contribution in [0.4, 0.5) is 5.69 Å². The van der Waals surface area contributed by atoms with E-state index in [-0.39, 0.29) is 4.90 Å². The van der Waals surface area contributed by atoms with Crippen LogP contribution in [0.5, 0.6) is 5.75 Å². The highest BCUT2D eigenvalue weighted by atomic mass is 35.5. The van der Waals surface area contributed by atoms with Crippen molar-refractivity contribution in [2.45, 2.75) is 11.8 Å². The van der Waals surface area contributed by atoms with Crippen molar-refractivity contribution in [3.63, 3.8) is 0 Å². The maximum absolute atomic E-state index is 12.7. The number of rotatable bonds is 4. The Morgan fingerprint density at radius 2 is 1.71 bits per heavy atom. The fourth-order valence-corrected chi connectivity index (χ4v) is 3.75. The van der Waals surface area contributed by atoms with Crippen molar-refractivity contribution in [3.05, 3.63) is 65.2 Å². The van der Waals surface area contributed by atoms with Gasteiger partial charge in [0.15, 0.2) is 0 Å². The van der Waals surface area contributed by atoms with Gasteiger partial charge in [-0.25, -0.2) is 8.42 Å². The molecule has 3 rings (SSSR count). The normalized spacial score (nSPS) is 11.5. The third kappa shape index (κ3) is 3.18. The van der Waals surface area contributed by atoms with E-state index in [1.54, 1.807) is 56.5 Å². The average Bonchev–Trinajstić information content (AvgIpc) is 2.58. The van der Waals surface area contributed by atoms with E-state index in [4.69, 9.17) is 16.3 Å². The molecule has 0 saturated carbocycles. The van der Waals surface area contributed by atoms with Crippen molar-refractivity contribution < 1.29 is 13.2 Å². The summed E-state index contributed by atoms with van der Waals surface area (Å²) < 4.78 is 33.1. The van der Waals surface area contributed by atoms with Crippen molar-refractivity contribution in [2.75, 3.05) is 11.8 Å². The Morgan fingerprint density at radius 1 is 1.00 bits per heavy atom. The molecule has 0 spiro atoms. The molecule has 0 aromatic heterocycles. The number of ether oxygens (including phenoxy) is 1.